The molecule has 0 aliphatic carbocycles. The maximum absolute atomic E-state index is 13.6. The zero-order chi connectivity index (χ0) is 28.0. The topological polar surface area (TPSA) is 98.3 Å². The Balaban J connectivity index is 1.19. The van der Waals surface area contributed by atoms with Gasteiger partial charge in [-0.1, -0.05) is 42.5 Å². The van der Waals surface area contributed by atoms with Crippen molar-refractivity contribution in [1.82, 2.24) is 10.6 Å². The Hall–Kier alpha value is -3.82. The smallest absolute Gasteiger partial charge is 0.404 e. The molecule has 3 N–H and O–H groups in total. The molecule has 2 atom stereocenters. The van der Waals surface area contributed by atoms with Crippen LogP contribution in [0.4, 0.5) is 9.18 Å². The van der Waals surface area contributed by atoms with Gasteiger partial charge in [0, 0.05) is 25.4 Å². The van der Waals surface area contributed by atoms with Gasteiger partial charge >= 0.3 is 6.09 Å². The number of hydrogen-bond acceptors (Lipinski definition) is 6. The molecule has 0 radical (unpaired) electrons. The number of amides is 1. The van der Waals surface area contributed by atoms with Gasteiger partial charge in [-0.3, -0.25) is 0 Å². The van der Waals surface area contributed by atoms with Crippen LogP contribution in [0.25, 0.3) is 0 Å². The Morgan fingerprint density at radius 1 is 0.900 bits per heavy atom. The molecule has 8 nitrogen and oxygen atoms in total. The van der Waals surface area contributed by atoms with Crippen molar-refractivity contribution in [3.05, 3.63) is 89.7 Å². The van der Waals surface area contributed by atoms with Crippen LogP contribution in [0.3, 0.4) is 0 Å². The second-order valence-electron chi connectivity index (χ2n) is 9.50. The Kier molecular flexibility index (Phi) is 11.4. The number of halogens is 1. The highest BCUT2D eigenvalue weighted by atomic mass is 19.1. The summed E-state index contributed by atoms with van der Waals surface area (Å²) in [6, 6.07) is 22.2. The van der Waals surface area contributed by atoms with Crippen LogP contribution >= 0.6 is 0 Å². The summed E-state index contributed by atoms with van der Waals surface area (Å²) in [4.78, 5) is 10.7. The van der Waals surface area contributed by atoms with E-state index < -0.39 is 6.09 Å². The second kappa shape index (κ2) is 15.7. The van der Waals surface area contributed by atoms with Gasteiger partial charge in [-0.05, 0) is 60.8 Å². The van der Waals surface area contributed by atoms with Gasteiger partial charge in [-0.15, -0.1) is 0 Å². The molecule has 1 aliphatic rings. The number of piperidine rings is 1. The van der Waals surface area contributed by atoms with E-state index in [2.05, 4.69) is 22.8 Å². The molecule has 0 bridgehead atoms. The summed E-state index contributed by atoms with van der Waals surface area (Å²) < 4.78 is 37.1. The number of ether oxygens (including phenoxy) is 4. The summed E-state index contributed by atoms with van der Waals surface area (Å²) in [5.41, 5.74) is 2.16. The first-order valence-corrected chi connectivity index (χ1v) is 13.7. The maximum Gasteiger partial charge on any atom is 0.404 e. The zero-order valence-electron chi connectivity index (χ0n) is 22.5. The van der Waals surface area contributed by atoms with Crippen molar-refractivity contribution in [2.24, 2.45) is 0 Å². The minimum Gasteiger partial charge on any atom is -0.493 e. The summed E-state index contributed by atoms with van der Waals surface area (Å²) in [5, 5.41) is 14.6. The van der Waals surface area contributed by atoms with Crippen LogP contribution in [0.2, 0.25) is 0 Å². The summed E-state index contributed by atoms with van der Waals surface area (Å²) in [7, 11) is 0. The number of rotatable bonds is 15. The van der Waals surface area contributed by atoms with E-state index in [1.165, 1.54) is 11.6 Å². The van der Waals surface area contributed by atoms with Gasteiger partial charge in [0.15, 0.2) is 11.6 Å². The number of para-hydroxylation sites is 2. The van der Waals surface area contributed by atoms with Crippen molar-refractivity contribution < 1.29 is 33.2 Å². The molecule has 1 amide bonds. The lowest BCUT2D eigenvalue weighted by atomic mass is 9.88. The summed E-state index contributed by atoms with van der Waals surface area (Å²) >= 11 is 0. The second-order valence-corrected chi connectivity index (χ2v) is 9.50. The van der Waals surface area contributed by atoms with E-state index in [1.807, 2.05) is 36.4 Å². The van der Waals surface area contributed by atoms with Crippen LogP contribution in [0.5, 0.6) is 17.2 Å². The van der Waals surface area contributed by atoms with Crippen LogP contribution in [-0.4, -0.2) is 63.4 Å². The molecule has 214 valence electrons. The Morgan fingerprint density at radius 3 is 2.42 bits per heavy atom. The molecule has 0 aromatic heterocycles. The highest BCUT2D eigenvalue weighted by molar-refractivity contribution is 5.64. The van der Waals surface area contributed by atoms with E-state index in [0.717, 1.165) is 36.6 Å². The van der Waals surface area contributed by atoms with Gasteiger partial charge in [0.05, 0.1) is 25.9 Å². The summed E-state index contributed by atoms with van der Waals surface area (Å²) in [6.07, 6.45) is 1.16. The van der Waals surface area contributed by atoms with Crippen molar-refractivity contribution in [1.29, 1.82) is 0 Å². The molecule has 0 saturated carbocycles. The molecule has 4 rings (SSSR count). The van der Waals surface area contributed by atoms with Crippen LogP contribution in [0.15, 0.2) is 72.8 Å². The fraction of sp³-hybridized carbons (Fsp3) is 0.387. The average molecular weight is 553 g/mol. The van der Waals surface area contributed by atoms with Crippen molar-refractivity contribution >= 4 is 6.09 Å². The third kappa shape index (κ3) is 9.14. The number of hydrogen-bond donors (Lipinski definition) is 3. The lowest BCUT2D eigenvalue weighted by Crippen LogP contribution is -2.41. The molecule has 2 unspecified atom stereocenters. The van der Waals surface area contributed by atoms with E-state index in [4.69, 9.17) is 24.1 Å². The normalized spacial score (nSPS) is 16.7. The summed E-state index contributed by atoms with van der Waals surface area (Å²) in [6.45, 7) is 3.73. The molecule has 1 fully saturated rings. The van der Waals surface area contributed by atoms with Crippen molar-refractivity contribution in [3.8, 4) is 17.2 Å². The van der Waals surface area contributed by atoms with Crippen LogP contribution in [0.1, 0.15) is 29.9 Å². The first-order chi connectivity index (χ1) is 19.6. The van der Waals surface area contributed by atoms with Crippen molar-refractivity contribution in [3.63, 3.8) is 0 Å². The van der Waals surface area contributed by atoms with Crippen LogP contribution in [0, 0.1) is 5.82 Å². The average Bonchev–Trinajstić information content (AvgIpc) is 2.97. The van der Waals surface area contributed by atoms with E-state index in [-0.39, 0.29) is 23.6 Å². The van der Waals surface area contributed by atoms with Gasteiger partial charge in [-0.25, -0.2) is 9.18 Å². The van der Waals surface area contributed by atoms with E-state index >= 15 is 0 Å². The Labute approximate surface area is 234 Å². The van der Waals surface area contributed by atoms with E-state index in [0.29, 0.717) is 45.8 Å². The van der Waals surface area contributed by atoms with Crippen LogP contribution in [-0.2, 0) is 11.2 Å². The molecule has 9 heteroatoms. The number of carboxylic acid groups (broad SMARTS) is 1. The lowest BCUT2D eigenvalue weighted by molar-refractivity contribution is 0.00721. The first-order valence-electron chi connectivity index (χ1n) is 13.7. The number of carbonyl (C=O) groups is 1. The number of benzene rings is 3. The third-order valence-electron chi connectivity index (χ3n) is 6.70. The fourth-order valence-electron chi connectivity index (χ4n) is 4.70. The molecule has 1 heterocycles. The molecule has 0 spiro atoms. The highest BCUT2D eigenvalue weighted by Gasteiger charge is 2.27. The molecule has 40 heavy (non-hydrogen) atoms. The minimum atomic E-state index is -1.03. The van der Waals surface area contributed by atoms with Gasteiger partial charge in [0.2, 0.25) is 0 Å². The lowest BCUT2D eigenvalue weighted by Gasteiger charge is -2.32. The van der Waals surface area contributed by atoms with Crippen molar-refractivity contribution in [2.45, 2.75) is 31.3 Å². The highest BCUT2D eigenvalue weighted by Crippen LogP contribution is 2.29. The summed E-state index contributed by atoms with van der Waals surface area (Å²) in [5.74, 6) is 1.68. The van der Waals surface area contributed by atoms with Gasteiger partial charge in [0.1, 0.15) is 18.1 Å². The molecule has 3 aromatic rings. The quantitative estimate of drug-likeness (QED) is 0.228. The largest absolute Gasteiger partial charge is 0.493 e. The van der Waals surface area contributed by atoms with E-state index in [9.17, 15) is 9.18 Å². The molecular formula is C31H37FN2O6. The third-order valence-corrected chi connectivity index (χ3v) is 6.70. The molecule has 1 aliphatic heterocycles. The van der Waals surface area contributed by atoms with Crippen LogP contribution < -0.4 is 24.8 Å². The monoisotopic (exact) mass is 552 g/mol. The molecule has 3 aromatic carbocycles. The van der Waals surface area contributed by atoms with Gasteiger partial charge < -0.3 is 34.7 Å². The molecular weight excluding hydrogens is 515 g/mol. The Morgan fingerprint density at radius 2 is 1.62 bits per heavy atom. The zero-order valence-corrected chi connectivity index (χ0v) is 22.5. The van der Waals surface area contributed by atoms with Crippen molar-refractivity contribution in [2.75, 3.05) is 46.1 Å². The predicted octanol–water partition coefficient (Wildman–Crippen LogP) is 5.02. The maximum atomic E-state index is 13.6. The predicted molar refractivity (Wildman–Crippen MR) is 150 cm³/mol. The van der Waals surface area contributed by atoms with E-state index in [1.54, 1.807) is 18.2 Å². The first kappa shape index (κ1) is 29.2. The fourth-order valence-corrected chi connectivity index (χ4v) is 4.70. The Bertz CT molecular complexity index is 1190. The standard InChI is InChI=1S/C31H37FN2O6/c32-27-7-2-4-9-29(27)38-19-5-18-37-25-12-10-23(11-13-25)26-15-16-33-22-30(26)40-21-20-39-28-8-3-1-6-24(28)14-17-34-31(35)36/h1-4,6-13,26,30,33-34H,5,14-22H2,(H,35,36). The molecule has 1 saturated heterocycles. The van der Waals surface area contributed by atoms with Gasteiger partial charge in [-0.2, -0.15) is 0 Å². The minimum absolute atomic E-state index is 0.0228. The van der Waals surface area contributed by atoms with Gasteiger partial charge in [0.25, 0.3) is 0 Å². The number of nitrogens with one attached hydrogen (secondary N) is 2. The SMILES string of the molecule is O=C(O)NCCc1ccccc1OCCOC1CNCCC1c1ccc(OCCCOc2ccccc2F)cc1.